The van der Waals surface area contributed by atoms with E-state index in [0.29, 0.717) is 32.2 Å². The van der Waals surface area contributed by atoms with Crippen LogP contribution in [0.3, 0.4) is 0 Å². The molecule has 0 aromatic rings. The molecule has 0 aromatic heterocycles. The van der Waals surface area contributed by atoms with Gasteiger partial charge in [0, 0.05) is 31.8 Å². The normalized spacial score (nSPS) is 14.3. The van der Waals surface area contributed by atoms with E-state index in [-0.39, 0.29) is 37.5 Å². The number of unbranched alkanes of at least 4 members (excludes halogenated alkanes) is 10. The van der Waals surface area contributed by atoms with Crippen molar-refractivity contribution in [1.82, 2.24) is 16.1 Å². The van der Waals surface area contributed by atoms with Gasteiger partial charge < -0.3 is 31.1 Å². The van der Waals surface area contributed by atoms with Gasteiger partial charge >= 0.3 is 11.9 Å². The van der Waals surface area contributed by atoms with Crippen LogP contribution in [0.4, 0.5) is 0 Å². The van der Waals surface area contributed by atoms with Gasteiger partial charge in [-0.05, 0) is 45.4 Å². The molecule has 9 N–H and O–H groups in total. The molecule has 2 unspecified atom stereocenters. The second-order valence-electron chi connectivity index (χ2n) is 10.3. The highest BCUT2D eigenvalue weighted by Gasteiger charge is 2.22. The zero-order valence-corrected chi connectivity index (χ0v) is 23.5. The van der Waals surface area contributed by atoms with Crippen molar-refractivity contribution in [1.29, 1.82) is 0 Å². The highest BCUT2D eigenvalue weighted by molar-refractivity contribution is 5.84. The third kappa shape index (κ3) is 21.2. The SMILES string of the molecule is CC(O)C(O)[C@H](CCCCNC(=O)CC[C@H](NC(=O)CCCCCCCCCCCCC(=O)O)C(=O)O)NN. The standard InChI is InChI=1S/C27H52N4O8/c1-20(32)26(37)21(31-28)14-12-13-19-29-23(33)18-17-22(27(38)39)30-24(34)15-10-8-6-4-2-3-5-7-9-11-16-25(35)36/h20-22,26,31-32,37H,2-19,28H2,1H3,(H,29,33)(H,30,34)(H,35,36)(H,38,39)/t20?,21-,22-,26?/m0/s1. The van der Waals surface area contributed by atoms with Crippen LogP contribution in [-0.4, -0.2) is 75.0 Å². The van der Waals surface area contributed by atoms with Crippen molar-refractivity contribution in [3.05, 3.63) is 0 Å². The summed E-state index contributed by atoms with van der Waals surface area (Å²) < 4.78 is 0. The maximum atomic E-state index is 12.2. The molecule has 0 aliphatic heterocycles. The monoisotopic (exact) mass is 560 g/mol. The van der Waals surface area contributed by atoms with E-state index in [1.807, 2.05) is 0 Å². The van der Waals surface area contributed by atoms with Gasteiger partial charge in [0.1, 0.15) is 6.04 Å². The second-order valence-corrected chi connectivity index (χ2v) is 10.3. The van der Waals surface area contributed by atoms with Crippen molar-refractivity contribution in [2.75, 3.05) is 6.54 Å². The number of nitrogens with one attached hydrogen (secondary N) is 3. The summed E-state index contributed by atoms with van der Waals surface area (Å²) in [5, 5.41) is 42.5. The lowest BCUT2D eigenvalue weighted by molar-refractivity contribution is -0.142. The van der Waals surface area contributed by atoms with E-state index in [1.165, 1.54) is 6.92 Å². The van der Waals surface area contributed by atoms with E-state index in [4.69, 9.17) is 10.9 Å². The molecular formula is C27H52N4O8. The fourth-order valence-corrected chi connectivity index (χ4v) is 4.27. The molecule has 0 aromatic carbocycles. The minimum absolute atomic E-state index is 0.00294. The lowest BCUT2D eigenvalue weighted by Gasteiger charge is -2.24. The summed E-state index contributed by atoms with van der Waals surface area (Å²) in [4.78, 5) is 46.2. The molecule has 0 aliphatic carbocycles. The predicted molar refractivity (Wildman–Crippen MR) is 147 cm³/mol. The summed E-state index contributed by atoms with van der Waals surface area (Å²) in [6.07, 6.45) is 10.2. The Balaban J connectivity index is 3.90. The highest BCUT2D eigenvalue weighted by atomic mass is 16.4. The Kier molecular flexibility index (Phi) is 22.2. The van der Waals surface area contributed by atoms with E-state index >= 15 is 0 Å². The van der Waals surface area contributed by atoms with Crippen molar-refractivity contribution in [2.24, 2.45) is 5.84 Å². The number of amides is 2. The average molecular weight is 561 g/mol. The van der Waals surface area contributed by atoms with E-state index in [0.717, 1.165) is 57.8 Å². The number of hydrogen-bond acceptors (Lipinski definition) is 8. The first-order valence-corrected chi connectivity index (χ1v) is 14.4. The molecule has 0 bridgehead atoms. The fraction of sp³-hybridized carbons (Fsp3) is 0.852. The Bertz CT molecular complexity index is 693. The maximum Gasteiger partial charge on any atom is 0.326 e. The first-order valence-electron chi connectivity index (χ1n) is 14.4. The quantitative estimate of drug-likeness (QED) is 0.0437. The molecule has 2 amide bonds. The molecule has 0 rings (SSSR count). The molecule has 0 radical (unpaired) electrons. The number of carboxylic acids is 2. The van der Waals surface area contributed by atoms with E-state index < -0.39 is 36.2 Å². The van der Waals surface area contributed by atoms with Gasteiger partial charge in [0.15, 0.2) is 0 Å². The third-order valence-electron chi connectivity index (χ3n) is 6.72. The summed E-state index contributed by atoms with van der Waals surface area (Å²) in [6.45, 7) is 1.86. The maximum absolute atomic E-state index is 12.2. The summed E-state index contributed by atoms with van der Waals surface area (Å²) in [5.41, 5.74) is 2.48. The van der Waals surface area contributed by atoms with Crippen LogP contribution in [0.1, 0.15) is 116 Å². The predicted octanol–water partition coefficient (Wildman–Crippen LogP) is 1.96. The molecule has 0 fully saturated rings. The molecule has 0 heterocycles. The molecular weight excluding hydrogens is 508 g/mol. The van der Waals surface area contributed by atoms with E-state index in [2.05, 4.69) is 16.1 Å². The number of carbonyl (C=O) groups excluding carboxylic acids is 2. The topological polar surface area (TPSA) is 211 Å². The van der Waals surface area contributed by atoms with Crippen molar-refractivity contribution in [3.63, 3.8) is 0 Å². The second kappa shape index (κ2) is 23.6. The zero-order chi connectivity index (χ0) is 29.5. The Labute approximate surface area is 232 Å². The molecule has 0 saturated carbocycles. The van der Waals surface area contributed by atoms with Gasteiger partial charge in [0.05, 0.1) is 12.2 Å². The molecule has 0 aliphatic rings. The van der Waals surface area contributed by atoms with Gasteiger partial charge in [0.25, 0.3) is 0 Å². The van der Waals surface area contributed by atoms with E-state index in [1.54, 1.807) is 0 Å². The highest BCUT2D eigenvalue weighted by Crippen LogP contribution is 2.12. The minimum Gasteiger partial charge on any atom is -0.481 e. The van der Waals surface area contributed by atoms with Crippen molar-refractivity contribution in [2.45, 2.75) is 140 Å². The summed E-state index contributed by atoms with van der Waals surface area (Å²) in [6, 6.07) is -1.57. The van der Waals surface area contributed by atoms with Crippen LogP contribution in [0.2, 0.25) is 0 Å². The van der Waals surface area contributed by atoms with Crippen LogP contribution in [-0.2, 0) is 19.2 Å². The van der Waals surface area contributed by atoms with Gasteiger partial charge in [-0.1, -0.05) is 51.4 Å². The largest absolute Gasteiger partial charge is 0.481 e. The molecule has 0 saturated heterocycles. The van der Waals surface area contributed by atoms with Gasteiger partial charge in [-0.2, -0.15) is 0 Å². The summed E-state index contributed by atoms with van der Waals surface area (Å²) >= 11 is 0. The minimum atomic E-state index is -1.17. The van der Waals surface area contributed by atoms with Crippen LogP contribution in [0.15, 0.2) is 0 Å². The smallest absolute Gasteiger partial charge is 0.326 e. The van der Waals surface area contributed by atoms with Crippen LogP contribution in [0, 0.1) is 0 Å². The first kappa shape index (κ1) is 36.7. The molecule has 0 spiro atoms. The summed E-state index contributed by atoms with van der Waals surface area (Å²) in [5.74, 6) is 2.86. The molecule has 12 heteroatoms. The Hall–Kier alpha value is -2.28. The van der Waals surface area contributed by atoms with Gasteiger partial charge in [0.2, 0.25) is 11.8 Å². The lowest BCUT2D eigenvalue weighted by Crippen LogP contribution is -2.48. The lowest BCUT2D eigenvalue weighted by atomic mass is 10.0. The molecule has 228 valence electrons. The summed E-state index contributed by atoms with van der Waals surface area (Å²) in [7, 11) is 0. The Morgan fingerprint density at radius 3 is 1.72 bits per heavy atom. The van der Waals surface area contributed by atoms with Crippen molar-refractivity contribution in [3.8, 4) is 0 Å². The van der Waals surface area contributed by atoms with E-state index in [9.17, 15) is 34.5 Å². The molecule has 4 atom stereocenters. The number of rotatable bonds is 26. The van der Waals surface area contributed by atoms with Gasteiger partial charge in [-0.25, -0.2) is 4.79 Å². The Morgan fingerprint density at radius 2 is 1.23 bits per heavy atom. The fourth-order valence-electron chi connectivity index (χ4n) is 4.27. The Morgan fingerprint density at radius 1 is 0.692 bits per heavy atom. The number of aliphatic carboxylic acids is 2. The van der Waals surface area contributed by atoms with Crippen LogP contribution in [0.5, 0.6) is 0 Å². The van der Waals surface area contributed by atoms with Gasteiger partial charge in [-0.15, -0.1) is 0 Å². The number of hydrazine groups is 1. The third-order valence-corrected chi connectivity index (χ3v) is 6.72. The molecule has 39 heavy (non-hydrogen) atoms. The van der Waals surface area contributed by atoms with Crippen molar-refractivity contribution < 1.29 is 39.6 Å². The van der Waals surface area contributed by atoms with Crippen LogP contribution >= 0.6 is 0 Å². The average Bonchev–Trinajstić information content (AvgIpc) is 2.88. The first-order chi connectivity index (χ1) is 18.6. The number of hydrogen-bond donors (Lipinski definition) is 8. The van der Waals surface area contributed by atoms with Crippen LogP contribution in [0.25, 0.3) is 0 Å². The number of aliphatic hydroxyl groups excluding tert-OH is 2. The zero-order valence-electron chi connectivity index (χ0n) is 23.5. The van der Waals surface area contributed by atoms with Crippen molar-refractivity contribution >= 4 is 23.8 Å². The van der Waals surface area contributed by atoms with Crippen LogP contribution < -0.4 is 21.9 Å². The number of carbonyl (C=O) groups is 4. The van der Waals surface area contributed by atoms with Gasteiger partial charge in [-0.3, -0.25) is 25.7 Å². The number of nitrogens with two attached hydrogens (primary N) is 1. The molecule has 12 nitrogen and oxygen atoms in total. The number of carboxylic acid groups (broad SMARTS) is 2. The number of aliphatic hydroxyl groups is 2.